The molecule has 0 fully saturated rings. The van der Waals surface area contributed by atoms with Crippen molar-refractivity contribution in [3.8, 4) is 17.9 Å². The Bertz CT molecular complexity index is 1410. The number of nitrogens with two attached hydrogens (primary N) is 1. The zero-order valence-electron chi connectivity index (χ0n) is 20.8. The average Bonchev–Trinajstić information content (AvgIpc) is 3.04. The maximum absolute atomic E-state index is 9.86. The second-order valence-corrected chi connectivity index (χ2v) is 9.34. The molecule has 172 valence electrons. The van der Waals surface area contributed by atoms with Crippen LogP contribution in [0.3, 0.4) is 0 Å². The molecule has 0 saturated carbocycles. The molecule has 4 rings (SSSR count). The molecule has 1 aliphatic heterocycles. The predicted molar refractivity (Wildman–Crippen MR) is 138 cm³/mol. The highest BCUT2D eigenvalue weighted by Crippen LogP contribution is 2.47. The molecule has 0 radical (unpaired) electrons. The van der Waals surface area contributed by atoms with E-state index in [1.54, 1.807) is 7.11 Å². The number of methoxy groups -OCH3 is 1. The molecule has 2 N–H and O–H groups in total. The fraction of sp³-hybridized carbons (Fsp3) is 0.321. The first-order chi connectivity index (χ1) is 16.1. The van der Waals surface area contributed by atoms with Gasteiger partial charge in [-0.05, 0) is 76.0 Å². The van der Waals surface area contributed by atoms with E-state index in [1.807, 2.05) is 19.9 Å². The van der Waals surface area contributed by atoms with Gasteiger partial charge in [-0.25, -0.2) is 4.98 Å². The van der Waals surface area contributed by atoms with Crippen LogP contribution in [0.15, 0.2) is 23.8 Å². The van der Waals surface area contributed by atoms with Gasteiger partial charge in [0.25, 0.3) is 0 Å². The Morgan fingerprint density at radius 2 is 1.88 bits per heavy atom. The molecule has 1 aromatic carbocycles. The highest BCUT2D eigenvalue weighted by Gasteiger charge is 2.32. The van der Waals surface area contributed by atoms with E-state index in [0.717, 1.165) is 51.4 Å². The van der Waals surface area contributed by atoms with Gasteiger partial charge in [0.05, 0.1) is 29.5 Å². The largest absolute Gasteiger partial charge is 0.496 e. The molecule has 6 nitrogen and oxygen atoms in total. The number of benzene rings is 1. The van der Waals surface area contributed by atoms with Crippen LogP contribution in [-0.2, 0) is 0 Å². The first-order valence-corrected chi connectivity index (χ1v) is 11.3. The average molecular weight is 452 g/mol. The lowest BCUT2D eigenvalue weighted by Gasteiger charge is -2.43. The zero-order chi connectivity index (χ0) is 24.9. The third kappa shape index (κ3) is 3.26. The lowest BCUT2D eigenvalue weighted by Crippen LogP contribution is -2.44. The Morgan fingerprint density at radius 3 is 2.47 bits per heavy atom. The van der Waals surface area contributed by atoms with Gasteiger partial charge in [0, 0.05) is 35.0 Å². The van der Waals surface area contributed by atoms with Crippen LogP contribution in [0.4, 0.5) is 11.5 Å². The molecule has 34 heavy (non-hydrogen) atoms. The minimum atomic E-state index is -0.0986. The fourth-order valence-electron chi connectivity index (χ4n) is 5.34. The van der Waals surface area contributed by atoms with Gasteiger partial charge in [0.2, 0.25) is 0 Å². The standard InChI is InChI=1S/C28H29N5O/c1-8-33-23-11-24(34-7)18(9-19(23)15(2)12-28(33,5)6)10-20-16(3)21(13-29)26-25(20)17(4)22(14-30)27(31)32-26/h9-12H,8H2,1-7H3,(H2,31,32)/b20-10+. The molecule has 0 spiro atoms. The van der Waals surface area contributed by atoms with Gasteiger partial charge >= 0.3 is 0 Å². The van der Waals surface area contributed by atoms with Gasteiger partial charge in [0.15, 0.2) is 0 Å². The molecule has 2 aliphatic rings. The summed E-state index contributed by atoms with van der Waals surface area (Å²) in [5.74, 6) is 0.895. The number of fused-ring (bicyclic) bond motifs is 2. The van der Waals surface area contributed by atoms with E-state index < -0.39 is 0 Å². The lowest BCUT2D eigenvalue weighted by atomic mass is 9.87. The van der Waals surface area contributed by atoms with Crippen molar-refractivity contribution < 1.29 is 4.74 Å². The van der Waals surface area contributed by atoms with Crippen LogP contribution in [0.2, 0.25) is 0 Å². The Kier molecular flexibility index (Phi) is 5.50. The Morgan fingerprint density at radius 1 is 1.18 bits per heavy atom. The number of ether oxygens (including phenoxy) is 1. The third-order valence-electron chi connectivity index (χ3n) is 6.93. The summed E-state index contributed by atoms with van der Waals surface area (Å²) in [6.45, 7) is 13.4. The quantitative estimate of drug-likeness (QED) is 0.640. The summed E-state index contributed by atoms with van der Waals surface area (Å²) in [4.78, 5) is 6.80. The minimum absolute atomic E-state index is 0.0986. The molecule has 0 amide bonds. The predicted octanol–water partition coefficient (Wildman–Crippen LogP) is 5.73. The van der Waals surface area contributed by atoms with Crippen molar-refractivity contribution in [1.29, 1.82) is 10.5 Å². The van der Waals surface area contributed by atoms with Gasteiger partial charge in [-0.3, -0.25) is 0 Å². The van der Waals surface area contributed by atoms with Crippen LogP contribution < -0.4 is 15.4 Å². The van der Waals surface area contributed by atoms with E-state index in [1.165, 1.54) is 5.57 Å². The Balaban J connectivity index is 2.00. The second kappa shape index (κ2) is 8.08. The van der Waals surface area contributed by atoms with E-state index in [9.17, 15) is 10.5 Å². The smallest absolute Gasteiger partial charge is 0.142 e. The Hall–Kier alpha value is -4.03. The second-order valence-electron chi connectivity index (χ2n) is 9.34. The van der Waals surface area contributed by atoms with Gasteiger partial charge in [-0.2, -0.15) is 10.5 Å². The number of hydrogen-bond donors (Lipinski definition) is 1. The molecule has 0 bridgehead atoms. The summed E-state index contributed by atoms with van der Waals surface area (Å²) >= 11 is 0. The van der Waals surface area contributed by atoms with Crippen LogP contribution in [0.1, 0.15) is 68.1 Å². The normalized spacial score (nSPS) is 17.1. The molecule has 6 heteroatoms. The molecular formula is C28H29N5O. The molecule has 0 saturated heterocycles. The summed E-state index contributed by atoms with van der Waals surface area (Å²) in [5.41, 5.74) is 14.9. The van der Waals surface area contributed by atoms with Crippen LogP contribution >= 0.6 is 0 Å². The molecule has 0 atom stereocenters. The van der Waals surface area contributed by atoms with Crippen molar-refractivity contribution in [3.05, 3.63) is 57.3 Å². The summed E-state index contributed by atoms with van der Waals surface area (Å²) in [5, 5.41) is 19.5. The summed E-state index contributed by atoms with van der Waals surface area (Å²) in [6, 6.07) is 8.68. The third-order valence-corrected chi connectivity index (χ3v) is 6.93. The highest BCUT2D eigenvalue weighted by molar-refractivity contribution is 6.09. The summed E-state index contributed by atoms with van der Waals surface area (Å²) in [6.07, 6.45) is 4.33. The minimum Gasteiger partial charge on any atom is -0.496 e. The molecule has 2 heterocycles. The van der Waals surface area contributed by atoms with E-state index in [-0.39, 0.29) is 11.4 Å². The summed E-state index contributed by atoms with van der Waals surface area (Å²) in [7, 11) is 1.67. The number of allylic oxidation sites excluding steroid dienone is 4. The molecule has 1 aromatic heterocycles. The number of likely N-dealkylation sites (N-methyl/N-ethyl adjacent to an activating group) is 1. The maximum atomic E-state index is 9.86. The number of nitriles is 2. The molecule has 2 aromatic rings. The van der Waals surface area contributed by atoms with Gasteiger partial charge in [0.1, 0.15) is 23.7 Å². The molecular weight excluding hydrogens is 422 g/mol. The monoisotopic (exact) mass is 451 g/mol. The van der Waals surface area contributed by atoms with Gasteiger partial charge in [-0.1, -0.05) is 6.08 Å². The number of anilines is 2. The van der Waals surface area contributed by atoms with E-state index in [0.29, 0.717) is 16.8 Å². The maximum Gasteiger partial charge on any atom is 0.142 e. The Labute approximate surface area is 201 Å². The van der Waals surface area contributed by atoms with E-state index >= 15 is 0 Å². The van der Waals surface area contributed by atoms with Crippen molar-refractivity contribution in [1.82, 2.24) is 4.98 Å². The van der Waals surface area contributed by atoms with Gasteiger partial charge in [-0.15, -0.1) is 0 Å². The van der Waals surface area contributed by atoms with E-state index in [2.05, 4.69) is 67.9 Å². The number of rotatable bonds is 3. The lowest BCUT2D eigenvalue weighted by molar-refractivity contribution is 0.413. The number of pyridine rings is 1. The van der Waals surface area contributed by atoms with Crippen molar-refractivity contribution in [2.24, 2.45) is 0 Å². The first-order valence-electron chi connectivity index (χ1n) is 11.3. The topological polar surface area (TPSA) is 99.0 Å². The van der Waals surface area contributed by atoms with Crippen molar-refractivity contribution >= 4 is 34.3 Å². The van der Waals surface area contributed by atoms with Crippen molar-refractivity contribution in [2.45, 2.75) is 47.1 Å². The van der Waals surface area contributed by atoms with Crippen LogP contribution in [-0.4, -0.2) is 24.2 Å². The van der Waals surface area contributed by atoms with Crippen molar-refractivity contribution in [3.63, 3.8) is 0 Å². The van der Waals surface area contributed by atoms with Crippen molar-refractivity contribution in [2.75, 3.05) is 24.3 Å². The van der Waals surface area contributed by atoms with Crippen LogP contribution in [0.25, 0.3) is 22.8 Å². The molecule has 0 unspecified atom stereocenters. The number of nitrogens with zero attached hydrogens (tertiary/aromatic N) is 4. The number of aromatic nitrogens is 1. The first kappa shape index (κ1) is 23.1. The summed E-state index contributed by atoms with van der Waals surface area (Å²) < 4.78 is 5.83. The molecule has 1 aliphatic carbocycles. The van der Waals surface area contributed by atoms with Crippen LogP contribution in [0.5, 0.6) is 5.75 Å². The highest BCUT2D eigenvalue weighted by atomic mass is 16.5. The SMILES string of the molecule is CCN1c2cc(OC)c(/C=C3\C(C)=C(C#N)c4nc(N)c(C#N)c(C)c43)cc2C(C)=CC1(C)C. The number of nitrogen functional groups attached to an aromatic ring is 1. The van der Waals surface area contributed by atoms with Gasteiger partial charge < -0.3 is 15.4 Å². The fourth-order valence-corrected chi connectivity index (χ4v) is 5.34. The van der Waals surface area contributed by atoms with Crippen LogP contribution in [0, 0.1) is 29.6 Å². The zero-order valence-corrected chi connectivity index (χ0v) is 20.8. The van der Waals surface area contributed by atoms with E-state index in [4.69, 9.17) is 10.5 Å². The number of hydrogen-bond acceptors (Lipinski definition) is 6.